The molecule has 0 aromatic rings. The van der Waals surface area contributed by atoms with E-state index in [0.29, 0.717) is 19.0 Å². The Morgan fingerprint density at radius 3 is 2.60 bits per heavy atom. The monoisotopic (exact) mass is 278 g/mol. The summed E-state index contributed by atoms with van der Waals surface area (Å²) in [6.07, 6.45) is 7.07. The molecule has 2 fully saturated rings. The van der Waals surface area contributed by atoms with Gasteiger partial charge in [0.15, 0.2) is 0 Å². The number of nitriles is 1. The molecule has 112 valence electrons. The lowest BCUT2D eigenvalue weighted by atomic mass is 9.92. The standard InChI is InChI=1S/C15H26N4O/c16-9-13-5-8-19(10-13)11-14(20)18-15(12-17)6-3-1-2-4-7-15/h13H,1-11,16H2,(H,18,20). The lowest BCUT2D eigenvalue weighted by Gasteiger charge is -2.27. The molecule has 0 radical (unpaired) electrons. The molecular weight excluding hydrogens is 252 g/mol. The topological polar surface area (TPSA) is 82.2 Å². The number of carbonyl (C=O) groups excluding carboxylic acids is 1. The Hall–Kier alpha value is -1.12. The Morgan fingerprint density at radius 1 is 1.35 bits per heavy atom. The van der Waals surface area contributed by atoms with Gasteiger partial charge < -0.3 is 11.1 Å². The smallest absolute Gasteiger partial charge is 0.235 e. The van der Waals surface area contributed by atoms with Crippen LogP contribution in [0.2, 0.25) is 0 Å². The third-order valence-electron chi connectivity index (χ3n) is 4.62. The van der Waals surface area contributed by atoms with E-state index < -0.39 is 5.54 Å². The Balaban J connectivity index is 1.85. The maximum absolute atomic E-state index is 12.2. The lowest BCUT2D eigenvalue weighted by molar-refractivity contribution is -0.123. The van der Waals surface area contributed by atoms with Gasteiger partial charge in [-0.15, -0.1) is 0 Å². The summed E-state index contributed by atoms with van der Waals surface area (Å²) in [5.41, 5.74) is 5.04. The van der Waals surface area contributed by atoms with Gasteiger partial charge in [-0.05, 0) is 38.3 Å². The molecule has 1 heterocycles. The van der Waals surface area contributed by atoms with Gasteiger partial charge in [0.05, 0.1) is 12.6 Å². The zero-order valence-corrected chi connectivity index (χ0v) is 12.2. The first-order valence-electron chi connectivity index (χ1n) is 7.82. The molecule has 1 aliphatic carbocycles. The molecular formula is C15H26N4O. The zero-order chi connectivity index (χ0) is 14.4. The minimum atomic E-state index is -0.624. The van der Waals surface area contributed by atoms with E-state index in [0.717, 1.165) is 45.2 Å². The average molecular weight is 278 g/mol. The highest BCUT2D eigenvalue weighted by Crippen LogP contribution is 2.26. The van der Waals surface area contributed by atoms with Crippen molar-refractivity contribution >= 4 is 5.91 Å². The Kier molecular flexibility index (Phi) is 5.38. The van der Waals surface area contributed by atoms with Crippen molar-refractivity contribution in [3.8, 4) is 6.07 Å². The number of nitrogens with two attached hydrogens (primary N) is 1. The second-order valence-electron chi connectivity index (χ2n) is 6.28. The summed E-state index contributed by atoms with van der Waals surface area (Å²) in [5.74, 6) is 0.511. The lowest BCUT2D eigenvalue weighted by Crippen LogP contribution is -2.50. The predicted octanol–water partition coefficient (Wildman–Crippen LogP) is 1.000. The highest BCUT2D eigenvalue weighted by Gasteiger charge is 2.33. The third-order valence-corrected chi connectivity index (χ3v) is 4.62. The first-order valence-corrected chi connectivity index (χ1v) is 7.82. The Morgan fingerprint density at radius 2 is 2.05 bits per heavy atom. The van der Waals surface area contributed by atoms with Crippen LogP contribution in [-0.2, 0) is 4.79 Å². The van der Waals surface area contributed by atoms with Crippen LogP contribution in [0.4, 0.5) is 0 Å². The van der Waals surface area contributed by atoms with Crippen LogP contribution < -0.4 is 11.1 Å². The molecule has 1 unspecified atom stereocenters. The zero-order valence-electron chi connectivity index (χ0n) is 12.2. The first-order chi connectivity index (χ1) is 9.67. The number of amides is 1. The van der Waals surface area contributed by atoms with E-state index >= 15 is 0 Å². The van der Waals surface area contributed by atoms with Crippen molar-refractivity contribution in [3.05, 3.63) is 0 Å². The number of carbonyl (C=O) groups is 1. The quantitative estimate of drug-likeness (QED) is 0.752. The van der Waals surface area contributed by atoms with Gasteiger partial charge in [-0.1, -0.05) is 25.7 Å². The summed E-state index contributed by atoms with van der Waals surface area (Å²) in [4.78, 5) is 14.4. The van der Waals surface area contributed by atoms with Crippen LogP contribution in [0.5, 0.6) is 0 Å². The number of nitrogens with one attached hydrogen (secondary N) is 1. The number of hydrogen-bond donors (Lipinski definition) is 2. The van der Waals surface area contributed by atoms with E-state index in [1.165, 1.54) is 12.8 Å². The van der Waals surface area contributed by atoms with E-state index in [2.05, 4.69) is 16.3 Å². The molecule has 1 amide bonds. The fourth-order valence-electron chi connectivity index (χ4n) is 3.36. The third kappa shape index (κ3) is 3.94. The first kappa shape index (κ1) is 15.3. The van der Waals surface area contributed by atoms with E-state index in [1.807, 2.05) is 0 Å². The van der Waals surface area contributed by atoms with Crippen LogP contribution in [0.25, 0.3) is 0 Å². The van der Waals surface area contributed by atoms with Crippen molar-refractivity contribution in [1.82, 2.24) is 10.2 Å². The Bertz CT molecular complexity index is 369. The normalized spacial score (nSPS) is 26.7. The predicted molar refractivity (Wildman–Crippen MR) is 77.8 cm³/mol. The van der Waals surface area contributed by atoms with Gasteiger partial charge in [0, 0.05) is 6.54 Å². The van der Waals surface area contributed by atoms with Crippen molar-refractivity contribution in [3.63, 3.8) is 0 Å². The molecule has 0 spiro atoms. The molecule has 2 rings (SSSR count). The molecule has 2 aliphatic rings. The van der Waals surface area contributed by atoms with Gasteiger partial charge in [-0.25, -0.2) is 0 Å². The van der Waals surface area contributed by atoms with Crippen molar-refractivity contribution < 1.29 is 4.79 Å². The van der Waals surface area contributed by atoms with Crippen molar-refractivity contribution in [2.75, 3.05) is 26.2 Å². The molecule has 1 saturated heterocycles. The minimum Gasteiger partial charge on any atom is -0.337 e. The number of hydrogen-bond acceptors (Lipinski definition) is 4. The van der Waals surface area contributed by atoms with E-state index in [4.69, 9.17) is 5.73 Å². The summed E-state index contributed by atoms with van der Waals surface area (Å²) in [7, 11) is 0. The van der Waals surface area contributed by atoms with E-state index in [9.17, 15) is 10.1 Å². The minimum absolute atomic E-state index is 0.00822. The van der Waals surface area contributed by atoms with Gasteiger partial charge in [0.2, 0.25) is 5.91 Å². The molecule has 1 aliphatic heterocycles. The summed E-state index contributed by atoms with van der Waals surface area (Å²) in [6, 6.07) is 2.36. The van der Waals surface area contributed by atoms with Crippen LogP contribution in [-0.4, -0.2) is 42.5 Å². The summed E-state index contributed by atoms with van der Waals surface area (Å²) in [5, 5.41) is 12.5. The largest absolute Gasteiger partial charge is 0.337 e. The van der Waals surface area contributed by atoms with E-state index in [1.54, 1.807) is 0 Å². The second kappa shape index (κ2) is 7.05. The highest BCUT2D eigenvalue weighted by molar-refractivity contribution is 5.79. The van der Waals surface area contributed by atoms with Gasteiger partial charge in [0.25, 0.3) is 0 Å². The van der Waals surface area contributed by atoms with Gasteiger partial charge in [-0.2, -0.15) is 5.26 Å². The van der Waals surface area contributed by atoms with Crippen molar-refractivity contribution in [2.45, 2.75) is 50.5 Å². The van der Waals surface area contributed by atoms with Crippen LogP contribution in [0.1, 0.15) is 44.9 Å². The molecule has 0 aromatic heterocycles. The summed E-state index contributed by atoms with van der Waals surface area (Å²) in [6.45, 7) is 2.94. The molecule has 3 N–H and O–H groups in total. The maximum atomic E-state index is 12.2. The molecule has 5 heteroatoms. The van der Waals surface area contributed by atoms with Crippen LogP contribution in [0.15, 0.2) is 0 Å². The van der Waals surface area contributed by atoms with Crippen LogP contribution >= 0.6 is 0 Å². The number of likely N-dealkylation sites (tertiary alicyclic amines) is 1. The molecule has 0 aromatic carbocycles. The van der Waals surface area contributed by atoms with Crippen molar-refractivity contribution in [2.24, 2.45) is 11.7 Å². The summed E-state index contributed by atoms with van der Waals surface area (Å²) >= 11 is 0. The molecule has 0 bridgehead atoms. The molecule has 1 atom stereocenters. The molecule has 5 nitrogen and oxygen atoms in total. The highest BCUT2D eigenvalue weighted by atomic mass is 16.2. The molecule has 1 saturated carbocycles. The average Bonchev–Trinajstić information content (AvgIpc) is 2.76. The van der Waals surface area contributed by atoms with Crippen LogP contribution in [0.3, 0.4) is 0 Å². The molecule has 20 heavy (non-hydrogen) atoms. The van der Waals surface area contributed by atoms with Gasteiger partial charge in [-0.3, -0.25) is 9.69 Å². The Labute approximate surface area is 121 Å². The maximum Gasteiger partial charge on any atom is 0.235 e. The SMILES string of the molecule is N#CC1(NC(=O)CN2CCC(CN)C2)CCCCCC1. The van der Waals surface area contributed by atoms with Crippen molar-refractivity contribution in [1.29, 1.82) is 5.26 Å². The van der Waals surface area contributed by atoms with E-state index in [-0.39, 0.29) is 5.91 Å². The second-order valence-corrected chi connectivity index (χ2v) is 6.28. The van der Waals surface area contributed by atoms with Gasteiger partial charge >= 0.3 is 0 Å². The fraction of sp³-hybridized carbons (Fsp3) is 0.867. The number of nitrogens with zero attached hydrogens (tertiary/aromatic N) is 2. The van der Waals surface area contributed by atoms with Gasteiger partial charge in [0.1, 0.15) is 5.54 Å². The van der Waals surface area contributed by atoms with Crippen LogP contribution in [0, 0.1) is 17.2 Å². The number of rotatable bonds is 4. The fourth-order valence-corrected chi connectivity index (χ4v) is 3.36. The summed E-state index contributed by atoms with van der Waals surface area (Å²) < 4.78 is 0.